The van der Waals surface area contributed by atoms with Crippen LogP contribution in [0.5, 0.6) is 0 Å². The Morgan fingerprint density at radius 1 is 1.00 bits per heavy atom. The molecule has 1 aliphatic rings. The molecule has 1 saturated heterocycles. The molecule has 1 N–H and O–H groups in total. The van der Waals surface area contributed by atoms with E-state index in [1.54, 1.807) is 11.0 Å². The van der Waals surface area contributed by atoms with Gasteiger partial charge in [0.1, 0.15) is 0 Å². The zero-order chi connectivity index (χ0) is 20.3. The Morgan fingerprint density at radius 2 is 1.68 bits per heavy atom. The third kappa shape index (κ3) is 4.58. The van der Waals surface area contributed by atoms with Crippen molar-refractivity contribution in [3.05, 3.63) is 59.7 Å². The average molecular weight is 391 g/mol. The number of hydrogen-bond donors (Lipinski definition) is 1. The second-order valence-corrected chi connectivity index (χ2v) is 7.19. The highest BCUT2D eigenvalue weighted by molar-refractivity contribution is 5.90. The fourth-order valence-electron chi connectivity index (χ4n) is 3.36. The lowest BCUT2D eigenvalue weighted by Crippen LogP contribution is -2.50. The van der Waals surface area contributed by atoms with Crippen molar-refractivity contribution in [2.24, 2.45) is 0 Å². The first-order valence-electron chi connectivity index (χ1n) is 9.33. The van der Waals surface area contributed by atoms with Gasteiger partial charge in [-0.25, -0.2) is 4.79 Å². The third-order valence-electron chi connectivity index (χ3n) is 4.93. The molecule has 2 aromatic carbocycles. The predicted molar refractivity (Wildman–Crippen MR) is 105 cm³/mol. The number of nitrogens with one attached hydrogen (secondary N) is 1. The van der Waals surface area contributed by atoms with Gasteiger partial charge in [-0.15, -0.1) is 0 Å². The van der Waals surface area contributed by atoms with Crippen molar-refractivity contribution >= 4 is 17.4 Å². The topological polar surface area (TPSA) is 35.6 Å². The number of anilines is 2. The molecule has 7 heteroatoms. The lowest BCUT2D eigenvalue weighted by Gasteiger charge is -2.36. The minimum absolute atomic E-state index is 0.184. The lowest BCUT2D eigenvalue weighted by molar-refractivity contribution is -0.137. The number of nitrogens with zero attached hydrogens (tertiary/aromatic N) is 2. The molecule has 0 saturated carbocycles. The van der Waals surface area contributed by atoms with Gasteiger partial charge < -0.3 is 15.1 Å². The molecule has 1 aliphatic heterocycles. The van der Waals surface area contributed by atoms with Gasteiger partial charge >= 0.3 is 12.2 Å². The summed E-state index contributed by atoms with van der Waals surface area (Å²) < 4.78 is 38.8. The van der Waals surface area contributed by atoms with E-state index < -0.39 is 11.7 Å². The molecule has 0 spiro atoms. The van der Waals surface area contributed by atoms with Crippen molar-refractivity contribution in [1.29, 1.82) is 0 Å². The first-order chi connectivity index (χ1) is 13.3. The molecule has 0 atom stereocenters. The number of halogens is 3. The van der Waals surface area contributed by atoms with Crippen molar-refractivity contribution in [1.82, 2.24) is 4.90 Å². The summed E-state index contributed by atoms with van der Waals surface area (Å²) in [5.74, 6) is 0.286. The normalized spacial score (nSPS) is 15.1. The van der Waals surface area contributed by atoms with Crippen LogP contribution in [0.1, 0.15) is 30.9 Å². The monoisotopic (exact) mass is 391 g/mol. The summed E-state index contributed by atoms with van der Waals surface area (Å²) in [5, 5.41) is 2.96. The number of alkyl halides is 3. The number of hydrogen-bond acceptors (Lipinski definition) is 2. The Kier molecular flexibility index (Phi) is 5.82. The first-order valence-corrected chi connectivity index (χ1v) is 9.33. The van der Waals surface area contributed by atoms with Gasteiger partial charge in [0.2, 0.25) is 0 Å². The maximum atomic E-state index is 12.9. The molecule has 4 nitrogen and oxygen atoms in total. The van der Waals surface area contributed by atoms with Gasteiger partial charge in [-0.1, -0.05) is 38.1 Å². The van der Waals surface area contributed by atoms with Gasteiger partial charge in [0, 0.05) is 37.6 Å². The lowest BCUT2D eigenvalue weighted by atomic mass is 10.0. The summed E-state index contributed by atoms with van der Waals surface area (Å²) in [6, 6.07) is 12.8. The van der Waals surface area contributed by atoms with E-state index in [9.17, 15) is 18.0 Å². The van der Waals surface area contributed by atoms with E-state index in [0.29, 0.717) is 31.9 Å². The van der Waals surface area contributed by atoms with Crippen LogP contribution in [0, 0.1) is 0 Å². The molecule has 2 amide bonds. The maximum Gasteiger partial charge on any atom is 0.416 e. The van der Waals surface area contributed by atoms with Crippen LogP contribution in [0.25, 0.3) is 0 Å². The molecule has 1 fully saturated rings. The van der Waals surface area contributed by atoms with E-state index >= 15 is 0 Å². The Bertz CT molecular complexity index is 828. The summed E-state index contributed by atoms with van der Waals surface area (Å²) >= 11 is 0. The molecule has 28 heavy (non-hydrogen) atoms. The highest BCUT2D eigenvalue weighted by Crippen LogP contribution is 2.32. The van der Waals surface area contributed by atoms with E-state index in [0.717, 1.165) is 23.4 Å². The third-order valence-corrected chi connectivity index (χ3v) is 4.93. The molecule has 0 radical (unpaired) electrons. The number of carbonyl (C=O) groups excluding carboxylic acids is 1. The highest BCUT2D eigenvalue weighted by atomic mass is 19.4. The van der Waals surface area contributed by atoms with Gasteiger partial charge in [-0.2, -0.15) is 13.2 Å². The average Bonchev–Trinajstić information content (AvgIpc) is 2.68. The number of benzene rings is 2. The van der Waals surface area contributed by atoms with E-state index in [4.69, 9.17) is 0 Å². The van der Waals surface area contributed by atoms with Crippen molar-refractivity contribution in [3.63, 3.8) is 0 Å². The Hall–Kier alpha value is -2.70. The minimum Gasteiger partial charge on any atom is -0.368 e. The molecular formula is C21H24F3N3O. The van der Waals surface area contributed by atoms with Crippen LogP contribution < -0.4 is 10.2 Å². The maximum absolute atomic E-state index is 12.9. The first kappa shape index (κ1) is 20.0. The Morgan fingerprint density at radius 3 is 2.32 bits per heavy atom. The van der Waals surface area contributed by atoms with E-state index in [1.807, 2.05) is 29.2 Å². The minimum atomic E-state index is -4.36. The second-order valence-electron chi connectivity index (χ2n) is 7.19. The van der Waals surface area contributed by atoms with Crippen molar-refractivity contribution in [2.45, 2.75) is 25.9 Å². The van der Waals surface area contributed by atoms with E-state index in [2.05, 4.69) is 19.2 Å². The zero-order valence-corrected chi connectivity index (χ0v) is 16.0. The molecule has 0 bridgehead atoms. The molecular weight excluding hydrogens is 367 g/mol. The van der Waals surface area contributed by atoms with Gasteiger partial charge in [0.25, 0.3) is 0 Å². The fraction of sp³-hybridized carbons (Fsp3) is 0.381. The summed E-state index contributed by atoms with van der Waals surface area (Å²) in [5.41, 5.74) is 1.73. The van der Waals surface area contributed by atoms with Crippen LogP contribution in [0.15, 0.2) is 48.5 Å². The fourth-order valence-corrected chi connectivity index (χ4v) is 3.36. The summed E-state index contributed by atoms with van der Waals surface area (Å²) in [4.78, 5) is 16.2. The molecule has 150 valence electrons. The van der Waals surface area contributed by atoms with Crippen molar-refractivity contribution in [3.8, 4) is 0 Å². The van der Waals surface area contributed by atoms with Crippen LogP contribution in [-0.2, 0) is 6.18 Å². The van der Waals surface area contributed by atoms with E-state index in [1.165, 1.54) is 6.07 Å². The SMILES string of the molecule is CC(C)c1ccccc1NC(=O)N1CCN(c2cccc(C(F)(F)F)c2)CC1. The molecule has 3 rings (SSSR count). The predicted octanol–water partition coefficient (Wildman–Crippen LogP) is 5.18. The number of amides is 2. The largest absolute Gasteiger partial charge is 0.416 e. The summed E-state index contributed by atoms with van der Waals surface area (Å²) in [6.45, 7) is 6.01. The Balaban J connectivity index is 1.62. The van der Waals surface area contributed by atoms with E-state index in [-0.39, 0.29) is 11.9 Å². The van der Waals surface area contributed by atoms with Gasteiger partial charge in [0.05, 0.1) is 5.56 Å². The van der Waals surface area contributed by atoms with Crippen LogP contribution in [0.2, 0.25) is 0 Å². The molecule has 1 heterocycles. The number of para-hydroxylation sites is 1. The molecule has 0 aromatic heterocycles. The summed E-state index contributed by atoms with van der Waals surface area (Å²) in [7, 11) is 0. The van der Waals surface area contributed by atoms with Crippen LogP contribution in [0.3, 0.4) is 0 Å². The number of piperazine rings is 1. The molecule has 0 unspecified atom stereocenters. The van der Waals surface area contributed by atoms with Crippen molar-refractivity contribution < 1.29 is 18.0 Å². The van der Waals surface area contributed by atoms with Crippen LogP contribution >= 0.6 is 0 Å². The van der Waals surface area contributed by atoms with Crippen LogP contribution in [0.4, 0.5) is 29.3 Å². The van der Waals surface area contributed by atoms with Crippen molar-refractivity contribution in [2.75, 3.05) is 36.4 Å². The molecule has 2 aromatic rings. The summed E-state index contributed by atoms with van der Waals surface area (Å²) in [6.07, 6.45) is -4.36. The van der Waals surface area contributed by atoms with Crippen LogP contribution in [-0.4, -0.2) is 37.1 Å². The van der Waals surface area contributed by atoms with Gasteiger partial charge in [-0.05, 0) is 35.7 Å². The highest BCUT2D eigenvalue weighted by Gasteiger charge is 2.31. The standard InChI is InChI=1S/C21H24F3N3O/c1-15(2)18-8-3-4-9-19(18)25-20(28)27-12-10-26(11-13-27)17-7-5-6-16(14-17)21(22,23)24/h3-9,14-15H,10-13H2,1-2H3,(H,25,28). The smallest absolute Gasteiger partial charge is 0.368 e. The van der Waals surface area contributed by atoms with Gasteiger partial charge in [0.15, 0.2) is 0 Å². The quantitative estimate of drug-likeness (QED) is 0.782. The number of rotatable bonds is 3. The Labute approximate surface area is 162 Å². The van der Waals surface area contributed by atoms with Gasteiger partial charge in [-0.3, -0.25) is 0 Å². The molecule has 0 aliphatic carbocycles. The number of carbonyl (C=O) groups is 1. The second kappa shape index (κ2) is 8.12. The zero-order valence-electron chi connectivity index (χ0n) is 16.0. The number of urea groups is 1.